The minimum atomic E-state index is -0.765. The summed E-state index contributed by atoms with van der Waals surface area (Å²) in [5.74, 6) is 0. The molecule has 0 heterocycles. The Balaban J connectivity index is 4.87. The number of unbranched alkanes of at least 4 members (excludes halogenated alkanes) is 23. The maximum absolute atomic E-state index is 9.90. The molecule has 0 aliphatic heterocycles. The minimum absolute atomic E-state index is 0.0801. The zero-order valence-corrected chi connectivity index (χ0v) is 36.0. The van der Waals surface area contributed by atoms with Crippen LogP contribution in [-0.4, -0.2) is 133 Å². The molecule has 0 aliphatic rings. The van der Waals surface area contributed by atoms with Crippen molar-refractivity contribution in [1.29, 1.82) is 0 Å². The highest BCUT2D eigenvalue weighted by atomic mass is 16.3. The quantitative estimate of drug-likeness (QED) is 0.0329. The lowest BCUT2D eigenvalue weighted by atomic mass is 10.1. The van der Waals surface area contributed by atoms with Crippen LogP contribution in [0.2, 0.25) is 0 Å². The van der Waals surface area contributed by atoms with Crippen molar-refractivity contribution in [1.82, 2.24) is 20.4 Å². The number of hydrogen-bond acceptors (Lipinski definition) is 10. The largest absolute Gasteiger partial charge is 0.394 e. The van der Waals surface area contributed by atoms with Gasteiger partial charge < -0.3 is 52.3 Å². The predicted octanol–water partition coefficient (Wildman–Crippen LogP) is 6.31. The third-order valence-electron chi connectivity index (χ3n) is 11.1. The SMILES string of the molecule is CCCCCCCCCCCCCCN(CCCCN(CCCCCCCCCCCCCC)CC(CN)NCC(O)CO)CC(CN)NCC(O)CO. The lowest BCUT2D eigenvalue weighted by Gasteiger charge is -2.30. The van der Waals surface area contributed by atoms with Gasteiger partial charge in [0.2, 0.25) is 0 Å². The average molecular weight is 773 g/mol. The minimum Gasteiger partial charge on any atom is -0.394 e. The monoisotopic (exact) mass is 773 g/mol. The van der Waals surface area contributed by atoms with Gasteiger partial charge in [-0.25, -0.2) is 0 Å². The normalized spacial score (nSPS) is 14.3. The molecule has 0 aliphatic carbocycles. The summed E-state index contributed by atoms with van der Waals surface area (Å²) in [6.07, 6.45) is 33.0. The van der Waals surface area contributed by atoms with E-state index >= 15 is 0 Å². The topological polar surface area (TPSA) is 164 Å². The van der Waals surface area contributed by atoms with Gasteiger partial charge in [-0.3, -0.25) is 0 Å². The van der Waals surface area contributed by atoms with Crippen LogP contribution >= 0.6 is 0 Å². The van der Waals surface area contributed by atoms with Crippen molar-refractivity contribution in [2.24, 2.45) is 11.5 Å². The Kier molecular flexibility index (Phi) is 41.9. The van der Waals surface area contributed by atoms with Gasteiger partial charge in [-0.2, -0.15) is 0 Å². The van der Waals surface area contributed by atoms with E-state index in [-0.39, 0.29) is 25.3 Å². The van der Waals surface area contributed by atoms with Crippen LogP contribution in [0.3, 0.4) is 0 Å². The van der Waals surface area contributed by atoms with Gasteiger partial charge in [0.05, 0.1) is 25.4 Å². The molecular formula is C44H96N6O4. The van der Waals surface area contributed by atoms with Crippen LogP contribution in [0.15, 0.2) is 0 Å². The summed E-state index contributed by atoms with van der Waals surface area (Å²) in [5, 5.41) is 45.1. The first-order valence-electron chi connectivity index (χ1n) is 23.3. The molecule has 0 aromatic rings. The molecule has 10 heteroatoms. The zero-order chi connectivity index (χ0) is 39.7. The highest BCUT2D eigenvalue weighted by Gasteiger charge is 2.17. The highest BCUT2D eigenvalue weighted by Crippen LogP contribution is 2.14. The van der Waals surface area contributed by atoms with E-state index in [9.17, 15) is 20.4 Å². The summed E-state index contributed by atoms with van der Waals surface area (Å²) in [6, 6.07) is 0.160. The number of hydrogen-bond donors (Lipinski definition) is 8. The summed E-state index contributed by atoms with van der Waals surface area (Å²) in [7, 11) is 0. The number of nitrogens with two attached hydrogens (primary N) is 2. The lowest BCUT2D eigenvalue weighted by molar-refractivity contribution is 0.0896. The summed E-state index contributed by atoms with van der Waals surface area (Å²) in [5.41, 5.74) is 12.3. The van der Waals surface area contributed by atoms with Crippen molar-refractivity contribution in [3.8, 4) is 0 Å². The Morgan fingerprint density at radius 3 is 0.889 bits per heavy atom. The Bertz CT molecular complexity index is 669. The van der Waals surface area contributed by atoms with E-state index in [0.717, 1.165) is 52.1 Å². The fourth-order valence-corrected chi connectivity index (χ4v) is 7.42. The molecule has 0 aromatic heterocycles. The molecule has 10 N–H and O–H groups in total. The van der Waals surface area contributed by atoms with Gasteiger partial charge in [0.15, 0.2) is 0 Å². The van der Waals surface area contributed by atoms with E-state index in [0.29, 0.717) is 26.2 Å². The van der Waals surface area contributed by atoms with E-state index in [1.54, 1.807) is 0 Å². The van der Waals surface area contributed by atoms with Crippen LogP contribution in [0.1, 0.15) is 181 Å². The molecule has 0 spiro atoms. The van der Waals surface area contributed by atoms with Crippen molar-refractivity contribution >= 4 is 0 Å². The van der Waals surface area contributed by atoms with Crippen molar-refractivity contribution in [2.45, 2.75) is 205 Å². The van der Waals surface area contributed by atoms with Crippen LogP contribution in [0, 0.1) is 0 Å². The molecule has 54 heavy (non-hydrogen) atoms. The molecule has 0 saturated heterocycles. The molecule has 0 amide bonds. The lowest BCUT2D eigenvalue weighted by Crippen LogP contribution is -2.49. The zero-order valence-electron chi connectivity index (χ0n) is 36.0. The molecule has 4 atom stereocenters. The Morgan fingerprint density at radius 2 is 0.648 bits per heavy atom. The molecule has 0 aromatic carbocycles. The van der Waals surface area contributed by atoms with Crippen molar-refractivity contribution in [3.63, 3.8) is 0 Å². The fraction of sp³-hybridized carbons (Fsp3) is 1.00. The standard InChI is InChI=1S/C44H96N6O4/c1-3-5-7-9-11-13-15-17-19-21-23-25-29-49(37-41(33-45)47-35-43(53)39-51)31-27-28-32-50(38-42(34-46)48-36-44(54)40-52)30-26-24-22-20-18-16-14-12-10-8-6-4-2/h41-44,47-48,51-54H,3-40,45-46H2,1-2H3. The van der Waals surface area contributed by atoms with Gasteiger partial charge in [-0.05, 0) is 51.9 Å². The molecule has 326 valence electrons. The van der Waals surface area contributed by atoms with Crippen LogP contribution in [-0.2, 0) is 0 Å². The third kappa shape index (κ3) is 36.0. The summed E-state index contributed by atoms with van der Waals surface area (Å²) in [4.78, 5) is 5.12. The summed E-state index contributed by atoms with van der Waals surface area (Å²) in [6.45, 7) is 11.6. The smallest absolute Gasteiger partial charge is 0.0895 e. The average Bonchev–Trinajstić information content (AvgIpc) is 3.19. The summed E-state index contributed by atoms with van der Waals surface area (Å²) < 4.78 is 0. The first-order chi connectivity index (χ1) is 26.4. The predicted molar refractivity (Wildman–Crippen MR) is 232 cm³/mol. The fourth-order valence-electron chi connectivity index (χ4n) is 7.42. The number of nitrogens with one attached hydrogen (secondary N) is 2. The third-order valence-corrected chi connectivity index (χ3v) is 11.1. The molecule has 4 unspecified atom stereocenters. The maximum atomic E-state index is 9.90. The van der Waals surface area contributed by atoms with Gasteiger partial charge in [0.25, 0.3) is 0 Å². The molecule has 0 radical (unpaired) electrons. The first-order valence-corrected chi connectivity index (χ1v) is 23.3. The molecule has 10 nitrogen and oxygen atoms in total. The Hall–Kier alpha value is -0.400. The number of nitrogens with zero attached hydrogens (tertiary/aromatic N) is 2. The van der Waals surface area contributed by atoms with Crippen molar-refractivity contribution in [3.05, 3.63) is 0 Å². The number of rotatable bonds is 45. The van der Waals surface area contributed by atoms with Crippen LogP contribution < -0.4 is 22.1 Å². The Labute approximate surface area is 335 Å². The van der Waals surface area contributed by atoms with Crippen molar-refractivity contribution < 1.29 is 20.4 Å². The second-order valence-electron chi connectivity index (χ2n) is 16.4. The molecule has 0 saturated carbocycles. The molecule has 0 rings (SSSR count). The second-order valence-corrected chi connectivity index (χ2v) is 16.4. The van der Waals surface area contributed by atoms with Gasteiger partial charge in [-0.1, -0.05) is 155 Å². The van der Waals surface area contributed by atoms with Crippen LogP contribution in [0.4, 0.5) is 0 Å². The van der Waals surface area contributed by atoms with Gasteiger partial charge in [-0.15, -0.1) is 0 Å². The van der Waals surface area contributed by atoms with Gasteiger partial charge in [0, 0.05) is 51.4 Å². The second kappa shape index (κ2) is 42.2. The van der Waals surface area contributed by atoms with Crippen molar-refractivity contribution in [2.75, 3.05) is 78.7 Å². The van der Waals surface area contributed by atoms with Gasteiger partial charge in [0.1, 0.15) is 0 Å². The van der Waals surface area contributed by atoms with Crippen LogP contribution in [0.5, 0.6) is 0 Å². The highest BCUT2D eigenvalue weighted by molar-refractivity contribution is 4.77. The van der Waals surface area contributed by atoms with E-state index in [1.807, 2.05) is 0 Å². The number of aliphatic hydroxyl groups excluding tert-OH is 4. The van der Waals surface area contributed by atoms with E-state index < -0.39 is 12.2 Å². The van der Waals surface area contributed by atoms with Gasteiger partial charge >= 0.3 is 0 Å². The summed E-state index contributed by atoms with van der Waals surface area (Å²) >= 11 is 0. The van der Waals surface area contributed by atoms with Crippen LogP contribution in [0.25, 0.3) is 0 Å². The molecular weight excluding hydrogens is 677 g/mol. The number of aliphatic hydroxyl groups is 4. The molecule has 0 fully saturated rings. The maximum Gasteiger partial charge on any atom is 0.0895 e. The first kappa shape index (κ1) is 53.6. The van der Waals surface area contributed by atoms with E-state index in [2.05, 4.69) is 34.3 Å². The molecule has 0 bridgehead atoms. The Morgan fingerprint density at radius 1 is 0.407 bits per heavy atom. The van der Waals surface area contributed by atoms with E-state index in [1.165, 1.54) is 154 Å². The van der Waals surface area contributed by atoms with E-state index in [4.69, 9.17) is 11.5 Å².